The van der Waals surface area contributed by atoms with E-state index in [9.17, 15) is 9.59 Å². The molecule has 1 N–H and O–H groups in total. The number of aryl methyl sites for hydroxylation is 1. The van der Waals surface area contributed by atoms with Gasteiger partial charge in [-0.05, 0) is 67.1 Å². The van der Waals surface area contributed by atoms with Crippen molar-refractivity contribution in [3.8, 4) is 16.9 Å². The Hall–Kier alpha value is -3.95. The Bertz CT molecular complexity index is 1500. The molecule has 3 aromatic heterocycles. The lowest BCUT2D eigenvalue weighted by Gasteiger charge is -2.23. The van der Waals surface area contributed by atoms with Crippen LogP contribution in [0.1, 0.15) is 58.2 Å². The number of hydrogen-bond donors (Lipinski definition) is 1. The van der Waals surface area contributed by atoms with Gasteiger partial charge in [0, 0.05) is 50.3 Å². The standard InChI is InChI=1S/C29H32N4O5/c1-18-23(21-15-30-32(3)16-21)11-20(17-38-28-7-5-6-10-37-28)12-25(18)31-29(35)24-14-26(19(2)34)33-9-8-22(36-4)13-27(24)33/h8-9,11-16,28H,5-7,10,17H2,1-4H3,(H,31,35). The van der Waals surface area contributed by atoms with Gasteiger partial charge in [-0.15, -0.1) is 0 Å². The summed E-state index contributed by atoms with van der Waals surface area (Å²) in [5.41, 5.74) is 5.76. The number of nitrogens with zero attached hydrogens (tertiary/aromatic N) is 3. The zero-order valence-corrected chi connectivity index (χ0v) is 22.1. The molecule has 38 heavy (non-hydrogen) atoms. The molecule has 0 spiro atoms. The summed E-state index contributed by atoms with van der Waals surface area (Å²) >= 11 is 0. The number of ether oxygens (including phenoxy) is 3. The second-order valence-electron chi connectivity index (χ2n) is 9.60. The van der Waals surface area contributed by atoms with Crippen LogP contribution < -0.4 is 10.1 Å². The average Bonchev–Trinajstić information content (AvgIpc) is 3.53. The first kappa shape index (κ1) is 25.7. The highest BCUT2D eigenvalue weighted by molar-refractivity contribution is 6.12. The fraction of sp³-hybridized carbons (Fsp3) is 0.345. The van der Waals surface area contributed by atoms with Gasteiger partial charge < -0.3 is 23.9 Å². The Kier molecular flexibility index (Phi) is 7.31. The highest BCUT2D eigenvalue weighted by Crippen LogP contribution is 2.32. The molecule has 5 rings (SSSR count). The molecule has 0 bridgehead atoms. The van der Waals surface area contributed by atoms with E-state index >= 15 is 0 Å². The van der Waals surface area contributed by atoms with E-state index in [4.69, 9.17) is 14.2 Å². The van der Waals surface area contributed by atoms with Crippen molar-refractivity contribution < 1.29 is 23.8 Å². The van der Waals surface area contributed by atoms with E-state index in [0.717, 1.165) is 41.5 Å². The first-order chi connectivity index (χ1) is 18.3. The molecular weight excluding hydrogens is 484 g/mol. The van der Waals surface area contributed by atoms with E-state index in [1.54, 1.807) is 46.8 Å². The molecular formula is C29H32N4O5. The molecule has 1 fully saturated rings. The number of methoxy groups -OCH3 is 1. The van der Waals surface area contributed by atoms with Crippen LogP contribution in [0.3, 0.4) is 0 Å². The van der Waals surface area contributed by atoms with Gasteiger partial charge >= 0.3 is 0 Å². The average molecular weight is 517 g/mol. The van der Waals surface area contributed by atoms with Crippen LogP contribution in [0.15, 0.2) is 48.9 Å². The minimum Gasteiger partial charge on any atom is -0.497 e. The number of amides is 1. The van der Waals surface area contributed by atoms with Gasteiger partial charge in [-0.1, -0.05) is 0 Å². The largest absolute Gasteiger partial charge is 0.497 e. The number of carbonyl (C=O) groups is 2. The zero-order chi connectivity index (χ0) is 26.8. The maximum absolute atomic E-state index is 13.6. The Balaban J connectivity index is 1.51. The van der Waals surface area contributed by atoms with Crippen molar-refractivity contribution in [2.24, 2.45) is 7.05 Å². The first-order valence-corrected chi connectivity index (χ1v) is 12.7. The van der Waals surface area contributed by atoms with E-state index in [0.29, 0.717) is 41.4 Å². The number of fused-ring (bicyclic) bond motifs is 1. The van der Waals surface area contributed by atoms with Crippen molar-refractivity contribution in [2.75, 3.05) is 19.0 Å². The first-order valence-electron chi connectivity index (χ1n) is 12.7. The number of benzene rings is 1. The van der Waals surface area contributed by atoms with Crippen molar-refractivity contribution >= 4 is 22.9 Å². The van der Waals surface area contributed by atoms with Gasteiger partial charge in [0.15, 0.2) is 12.1 Å². The summed E-state index contributed by atoms with van der Waals surface area (Å²) in [6, 6.07) is 9.13. The number of pyridine rings is 1. The monoisotopic (exact) mass is 516 g/mol. The number of rotatable bonds is 8. The van der Waals surface area contributed by atoms with Crippen molar-refractivity contribution in [1.82, 2.24) is 14.2 Å². The highest BCUT2D eigenvalue weighted by Gasteiger charge is 2.21. The molecule has 4 aromatic rings. The van der Waals surface area contributed by atoms with Gasteiger partial charge in [-0.3, -0.25) is 14.3 Å². The Morgan fingerprint density at radius 2 is 2.05 bits per heavy atom. The fourth-order valence-corrected chi connectivity index (χ4v) is 4.83. The normalized spacial score (nSPS) is 15.5. The molecule has 9 nitrogen and oxygen atoms in total. The van der Waals surface area contributed by atoms with Crippen LogP contribution in [0.5, 0.6) is 5.75 Å². The van der Waals surface area contributed by atoms with Gasteiger partial charge in [-0.25, -0.2) is 0 Å². The quantitative estimate of drug-likeness (QED) is 0.325. The predicted octanol–water partition coefficient (Wildman–Crippen LogP) is 5.15. The predicted molar refractivity (Wildman–Crippen MR) is 144 cm³/mol. The number of aromatic nitrogens is 3. The van der Waals surface area contributed by atoms with Gasteiger partial charge in [-0.2, -0.15) is 5.10 Å². The summed E-state index contributed by atoms with van der Waals surface area (Å²) in [4.78, 5) is 25.9. The molecule has 198 valence electrons. The topological polar surface area (TPSA) is 96.1 Å². The van der Waals surface area contributed by atoms with Gasteiger partial charge in [0.05, 0.1) is 36.7 Å². The molecule has 0 saturated carbocycles. The zero-order valence-electron chi connectivity index (χ0n) is 22.1. The molecule has 1 unspecified atom stereocenters. The lowest BCUT2D eigenvalue weighted by Crippen LogP contribution is -2.22. The third-order valence-electron chi connectivity index (χ3n) is 6.89. The van der Waals surface area contributed by atoms with Crippen LogP contribution in [0.4, 0.5) is 5.69 Å². The van der Waals surface area contributed by atoms with Crippen LogP contribution in [0.25, 0.3) is 16.6 Å². The smallest absolute Gasteiger partial charge is 0.257 e. The minimum absolute atomic E-state index is 0.136. The molecule has 1 atom stereocenters. The second-order valence-corrected chi connectivity index (χ2v) is 9.60. The van der Waals surface area contributed by atoms with Crippen LogP contribution in [-0.4, -0.2) is 45.9 Å². The van der Waals surface area contributed by atoms with E-state index in [2.05, 4.69) is 16.5 Å². The fourth-order valence-electron chi connectivity index (χ4n) is 4.83. The van der Waals surface area contributed by atoms with Gasteiger partial charge in [0.1, 0.15) is 5.75 Å². The third kappa shape index (κ3) is 5.20. The highest BCUT2D eigenvalue weighted by atomic mass is 16.7. The van der Waals surface area contributed by atoms with Gasteiger partial charge in [0.2, 0.25) is 0 Å². The number of ketones is 1. The molecule has 1 amide bonds. The van der Waals surface area contributed by atoms with E-state index < -0.39 is 0 Å². The van der Waals surface area contributed by atoms with Crippen LogP contribution in [0, 0.1) is 6.92 Å². The van der Waals surface area contributed by atoms with Crippen molar-refractivity contribution in [3.05, 3.63) is 71.3 Å². The van der Waals surface area contributed by atoms with E-state index in [-0.39, 0.29) is 18.0 Å². The summed E-state index contributed by atoms with van der Waals surface area (Å²) in [5, 5.41) is 7.41. The van der Waals surface area contributed by atoms with Crippen LogP contribution in [-0.2, 0) is 23.1 Å². The van der Waals surface area contributed by atoms with Crippen LogP contribution >= 0.6 is 0 Å². The molecule has 0 radical (unpaired) electrons. The van der Waals surface area contributed by atoms with Crippen molar-refractivity contribution in [1.29, 1.82) is 0 Å². The number of nitrogens with one attached hydrogen (secondary N) is 1. The molecule has 9 heteroatoms. The maximum atomic E-state index is 13.6. The Morgan fingerprint density at radius 3 is 2.74 bits per heavy atom. The lowest BCUT2D eigenvalue weighted by molar-refractivity contribution is -0.168. The summed E-state index contributed by atoms with van der Waals surface area (Å²) in [7, 11) is 3.43. The maximum Gasteiger partial charge on any atom is 0.257 e. The molecule has 1 aromatic carbocycles. The van der Waals surface area contributed by atoms with E-state index in [1.165, 1.54) is 6.92 Å². The summed E-state index contributed by atoms with van der Waals surface area (Å²) in [5.74, 6) is 0.138. The summed E-state index contributed by atoms with van der Waals surface area (Å²) < 4.78 is 20.6. The number of anilines is 1. The molecule has 1 aliphatic heterocycles. The summed E-state index contributed by atoms with van der Waals surface area (Å²) in [6.07, 6.45) is 8.26. The molecule has 4 heterocycles. The molecule has 1 saturated heterocycles. The number of hydrogen-bond acceptors (Lipinski definition) is 6. The van der Waals surface area contributed by atoms with Crippen molar-refractivity contribution in [2.45, 2.75) is 46.0 Å². The molecule has 0 aliphatic carbocycles. The Labute approximate surface area is 221 Å². The van der Waals surface area contributed by atoms with Crippen molar-refractivity contribution in [3.63, 3.8) is 0 Å². The third-order valence-corrected chi connectivity index (χ3v) is 6.89. The van der Waals surface area contributed by atoms with Gasteiger partial charge in [0.25, 0.3) is 5.91 Å². The lowest BCUT2D eigenvalue weighted by atomic mass is 9.98. The van der Waals surface area contributed by atoms with Crippen LogP contribution in [0.2, 0.25) is 0 Å². The number of carbonyl (C=O) groups excluding carboxylic acids is 2. The Morgan fingerprint density at radius 1 is 1.21 bits per heavy atom. The second kappa shape index (κ2) is 10.8. The minimum atomic E-state index is -0.322. The number of Topliss-reactive ketones (excluding diaryl/α,β-unsaturated/α-hetero) is 1. The van der Waals surface area contributed by atoms with E-state index in [1.807, 2.05) is 26.2 Å². The molecule has 1 aliphatic rings. The SMILES string of the molecule is COc1ccn2c(C(C)=O)cc(C(=O)Nc3cc(COC4CCCCO4)cc(-c4cnn(C)c4)c3C)c2c1. The summed E-state index contributed by atoms with van der Waals surface area (Å²) in [6.45, 7) is 4.51.